The van der Waals surface area contributed by atoms with Gasteiger partial charge in [0.1, 0.15) is 6.61 Å². The minimum absolute atomic E-state index is 0.179. The van der Waals surface area contributed by atoms with Crippen LogP contribution in [0.25, 0.3) is 0 Å². The van der Waals surface area contributed by atoms with E-state index in [0.717, 1.165) is 0 Å². The Hall–Kier alpha value is -0.780. The number of rotatable bonds is 4. The highest BCUT2D eigenvalue weighted by molar-refractivity contribution is 6.30. The standard InChI is InChI=1S/C10H11ClF3NO/c11-8-3-1-7(2-4-8)9(15)5-16-6-10(12,13)14/h1-4,9H,5-6,15H2. The van der Waals surface area contributed by atoms with Crippen LogP contribution in [-0.2, 0) is 4.74 Å². The normalized spacial score (nSPS) is 13.8. The van der Waals surface area contributed by atoms with Crippen LogP contribution in [0, 0.1) is 0 Å². The van der Waals surface area contributed by atoms with Crippen LogP contribution in [0.2, 0.25) is 5.02 Å². The first-order valence-corrected chi connectivity index (χ1v) is 4.92. The zero-order chi connectivity index (χ0) is 12.2. The van der Waals surface area contributed by atoms with Crippen LogP contribution in [0.5, 0.6) is 0 Å². The number of nitrogens with two attached hydrogens (primary N) is 1. The Morgan fingerprint density at radius 2 is 1.81 bits per heavy atom. The fourth-order valence-electron chi connectivity index (χ4n) is 1.11. The summed E-state index contributed by atoms with van der Waals surface area (Å²) >= 11 is 5.66. The molecule has 6 heteroatoms. The summed E-state index contributed by atoms with van der Waals surface area (Å²) in [5, 5.41) is 0.548. The van der Waals surface area contributed by atoms with Gasteiger partial charge in [-0.1, -0.05) is 23.7 Å². The third-order valence-corrected chi connectivity index (χ3v) is 2.11. The molecule has 0 bridgehead atoms. The first kappa shape index (κ1) is 13.3. The van der Waals surface area contributed by atoms with Gasteiger partial charge in [-0.25, -0.2) is 0 Å². The molecule has 0 spiro atoms. The predicted octanol–water partition coefficient (Wildman–Crippen LogP) is 2.92. The zero-order valence-electron chi connectivity index (χ0n) is 8.30. The van der Waals surface area contributed by atoms with Gasteiger partial charge in [-0.05, 0) is 17.7 Å². The van der Waals surface area contributed by atoms with Gasteiger partial charge in [0.2, 0.25) is 0 Å². The van der Waals surface area contributed by atoms with Crippen molar-refractivity contribution >= 4 is 11.6 Å². The molecule has 1 aromatic carbocycles. The summed E-state index contributed by atoms with van der Waals surface area (Å²) in [6, 6.07) is 5.98. The second-order valence-electron chi connectivity index (χ2n) is 3.29. The lowest BCUT2D eigenvalue weighted by molar-refractivity contribution is -0.174. The van der Waals surface area contributed by atoms with Gasteiger partial charge in [-0.15, -0.1) is 0 Å². The molecule has 0 saturated carbocycles. The van der Waals surface area contributed by atoms with Gasteiger partial charge in [0, 0.05) is 5.02 Å². The number of halogens is 4. The van der Waals surface area contributed by atoms with Gasteiger partial charge < -0.3 is 10.5 Å². The van der Waals surface area contributed by atoms with Gasteiger partial charge in [0.15, 0.2) is 0 Å². The molecule has 1 aromatic rings. The second-order valence-corrected chi connectivity index (χ2v) is 3.72. The van der Waals surface area contributed by atoms with E-state index in [2.05, 4.69) is 4.74 Å². The van der Waals surface area contributed by atoms with Crippen LogP contribution < -0.4 is 5.73 Å². The lowest BCUT2D eigenvalue weighted by Crippen LogP contribution is -2.23. The van der Waals surface area contributed by atoms with Crippen molar-refractivity contribution in [1.82, 2.24) is 0 Å². The molecule has 90 valence electrons. The van der Waals surface area contributed by atoms with E-state index in [1.807, 2.05) is 0 Å². The molecule has 0 amide bonds. The first-order chi connectivity index (χ1) is 7.38. The van der Waals surface area contributed by atoms with Crippen molar-refractivity contribution in [1.29, 1.82) is 0 Å². The number of alkyl halides is 3. The Morgan fingerprint density at radius 3 is 2.31 bits per heavy atom. The Balaban J connectivity index is 2.41. The van der Waals surface area contributed by atoms with E-state index >= 15 is 0 Å². The van der Waals surface area contributed by atoms with Gasteiger partial charge in [-0.3, -0.25) is 0 Å². The van der Waals surface area contributed by atoms with E-state index in [4.69, 9.17) is 17.3 Å². The molecular formula is C10H11ClF3NO. The van der Waals surface area contributed by atoms with Crippen molar-refractivity contribution in [2.45, 2.75) is 12.2 Å². The summed E-state index contributed by atoms with van der Waals surface area (Å²) in [4.78, 5) is 0. The Morgan fingerprint density at radius 1 is 1.25 bits per heavy atom. The van der Waals surface area contributed by atoms with Gasteiger partial charge in [0.05, 0.1) is 12.6 Å². The van der Waals surface area contributed by atoms with Crippen LogP contribution in [0.4, 0.5) is 13.2 Å². The number of benzene rings is 1. The summed E-state index contributed by atoms with van der Waals surface area (Å²) in [6.07, 6.45) is -4.32. The summed E-state index contributed by atoms with van der Waals surface area (Å²) in [5.41, 5.74) is 6.33. The molecule has 0 saturated heterocycles. The van der Waals surface area contributed by atoms with Gasteiger partial charge >= 0.3 is 6.18 Å². The summed E-state index contributed by atoms with van der Waals surface area (Å²) in [6.45, 7) is -1.46. The predicted molar refractivity (Wildman–Crippen MR) is 55.3 cm³/mol. The topological polar surface area (TPSA) is 35.2 Å². The minimum atomic E-state index is -4.32. The summed E-state index contributed by atoms with van der Waals surface area (Å²) in [5.74, 6) is 0. The lowest BCUT2D eigenvalue weighted by Gasteiger charge is -2.13. The van der Waals surface area contributed by atoms with Gasteiger partial charge in [-0.2, -0.15) is 13.2 Å². The molecule has 0 aliphatic carbocycles. The van der Waals surface area contributed by atoms with Crippen LogP contribution >= 0.6 is 11.6 Å². The maximum absolute atomic E-state index is 11.8. The molecule has 1 unspecified atom stereocenters. The SMILES string of the molecule is NC(COCC(F)(F)F)c1ccc(Cl)cc1. The van der Waals surface area contributed by atoms with Crippen molar-refractivity contribution in [3.63, 3.8) is 0 Å². The molecule has 0 aromatic heterocycles. The highest BCUT2D eigenvalue weighted by atomic mass is 35.5. The average Bonchev–Trinajstić information content (AvgIpc) is 2.16. The van der Waals surface area contributed by atoms with E-state index in [-0.39, 0.29) is 6.61 Å². The molecule has 2 nitrogen and oxygen atoms in total. The molecule has 0 fully saturated rings. The molecule has 16 heavy (non-hydrogen) atoms. The molecule has 2 N–H and O–H groups in total. The first-order valence-electron chi connectivity index (χ1n) is 4.54. The zero-order valence-corrected chi connectivity index (χ0v) is 9.05. The fourth-order valence-corrected chi connectivity index (χ4v) is 1.23. The number of hydrogen-bond donors (Lipinski definition) is 1. The molecule has 0 heterocycles. The van der Waals surface area contributed by atoms with Crippen molar-refractivity contribution in [2.24, 2.45) is 5.73 Å². The summed E-state index contributed by atoms with van der Waals surface area (Å²) < 4.78 is 39.8. The minimum Gasteiger partial charge on any atom is -0.370 e. The second kappa shape index (κ2) is 5.52. The number of ether oxygens (including phenoxy) is 1. The molecule has 1 atom stereocenters. The fraction of sp³-hybridized carbons (Fsp3) is 0.400. The summed E-state index contributed by atoms with van der Waals surface area (Å²) in [7, 11) is 0. The van der Waals surface area contributed by atoms with Crippen molar-refractivity contribution < 1.29 is 17.9 Å². The average molecular weight is 254 g/mol. The Labute approximate surface area is 96.1 Å². The van der Waals surface area contributed by atoms with Crippen molar-refractivity contribution in [2.75, 3.05) is 13.2 Å². The third-order valence-electron chi connectivity index (χ3n) is 1.86. The van der Waals surface area contributed by atoms with Crippen molar-refractivity contribution in [3.05, 3.63) is 34.9 Å². The van der Waals surface area contributed by atoms with Crippen LogP contribution in [-0.4, -0.2) is 19.4 Å². The molecular weight excluding hydrogens is 243 g/mol. The van der Waals surface area contributed by atoms with Crippen LogP contribution in [0.1, 0.15) is 11.6 Å². The maximum atomic E-state index is 11.8. The van der Waals surface area contributed by atoms with Crippen LogP contribution in [0.3, 0.4) is 0 Å². The highest BCUT2D eigenvalue weighted by Gasteiger charge is 2.27. The quantitative estimate of drug-likeness (QED) is 0.895. The van der Waals surface area contributed by atoms with E-state index < -0.39 is 18.8 Å². The smallest absolute Gasteiger partial charge is 0.370 e. The molecule has 1 rings (SSSR count). The highest BCUT2D eigenvalue weighted by Crippen LogP contribution is 2.17. The van der Waals surface area contributed by atoms with E-state index in [1.165, 1.54) is 0 Å². The third kappa shape index (κ3) is 4.83. The van der Waals surface area contributed by atoms with Crippen LogP contribution in [0.15, 0.2) is 24.3 Å². The van der Waals surface area contributed by atoms with E-state index in [9.17, 15) is 13.2 Å². The van der Waals surface area contributed by atoms with E-state index in [1.54, 1.807) is 24.3 Å². The van der Waals surface area contributed by atoms with E-state index in [0.29, 0.717) is 10.6 Å². The van der Waals surface area contributed by atoms with Gasteiger partial charge in [0.25, 0.3) is 0 Å². The van der Waals surface area contributed by atoms with Crippen molar-refractivity contribution in [3.8, 4) is 0 Å². The molecule has 0 aliphatic heterocycles. The largest absolute Gasteiger partial charge is 0.411 e. The Bertz CT molecular complexity index is 326. The maximum Gasteiger partial charge on any atom is 0.411 e. The lowest BCUT2D eigenvalue weighted by atomic mass is 10.1. The molecule has 0 radical (unpaired) electrons. The monoisotopic (exact) mass is 253 g/mol. The molecule has 0 aliphatic rings. The Kier molecular flexibility index (Phi) is 4.58. The number of hydrogen-bond acceptors (Lipinski definition) is 2.